The van der Waals surface area contributed by atoms with Gasteiger partial charge in [0.1, 0.15) is 5.69 Å². The highest BCUT2D eigenvalue weighted by Crippen LogP contribution is 2.27. The maximum Gasteiger partial charge on any atom is 0.280 e. The minimum Gasteiger partial charge on any atom is -0.367 e. The van der Waals surface area contributed by atoms with Crippen LogP contribution in [0.5, 0.6) is 0 Å². The molecule has 1 aliphatic heterocycles. The highest BCUT2D eigenvalue weighted by Gasteiger charge is 2.31. The lowest BCUT2D eigenvalue weighted by molar-refractivity contribution is -0.0922. The Morgan fingerprint density at radius 1 is 1.25 bits per heavy atom. The molecule has 2 aliphatic rings. The number of hydrogen-bond donors (Lipinski definition) is 4. The topological polar surface area (TPSA) is 120 Å². The van der Waals surface area contributed by atoms with Crippen molar-refractivity contribution in [2.24, 2.45) is 0 Å². The summed E-state index contributed by atoms with van der Waals surface area (Å²) in [6.07, 6.45) is 3.48. The van der Waals surface area contributed by atoms with Gasteiger partial charge in [-0.05, 0) is 37.1 Å². The van der Waals surface area contributed by atoms with E-state index in [4.69, 9.17) is 16.3 Å². The van der Waals surface area contributed by atoms with E-state index in [-0.39, 0.29) is 23.9 Å². The van der Waals surface area contributed by atoms with Crippen molar-refractivity contribution in [1.82, 2.24) is 25.5 Å². The van der Waals surface area contributed by atoms with E-state index in [9.17, 15) is 14.7 Å². The number of carbonyl (C=O) groups excluding carboxylic acids is 2. The van der Waals surface area contributed by atoms with Crippen LogP contribution in [0.3, 0.4) is 0 Å². The number of thiazole rings is 1. The van der Waals surface area contributed by atoms with Crippen LogP contribution in [0.2, 0.25) is 5.02 Å². The van der Waals surface area contributed by atoms with Crippen molar-refractivity contribution < 1.29 is 19.4 Å². The Morgan fingerprint density at radius 3 is 2.75 bits per heavy atom. The number of nitrogens with zero attached hydrogens (tertiary/aromatic N) is 2. The first-order valence-electron chi connectivity index (χ1n) is 12.2. The molecule has 1 saturated carbocycles. The number of aliphatic hydroxyl groups excluding tert-OH is 1. The molecule has 3 heterocycles. The fourth-order valence-corrected chi connectivity index (χ4v) is 6.21. The molecule has 0 spiro atoms. The van der Waals surface area contributed by atoms with Gasteiger partial charge in [0.05, 0.1) is 5.69 Å². The monoisotopic (exact) mass is 531 g/mol. The minimum atomic E-state index is -0.831. The molecule has 2 amide bonds. The van der Waals surface area contributed by atoms with Gasteiger partial charge in [-0.25, -0.2) is 4.98 Å². The number of hydrogen-bond acceptors (Lipinski definition) is 7. The fraction of sp³-hybridized carbons (Fsp3) is 0.480. The van der Waals surface area contributed by atoms with Gasteiger partial charge in [0.15, 0.2) is 11.3 Å². The Morgan fingerprint density at radius 2 is 2.00 bits per heavy atom. The van der Waals surface area contributed by atoms with Gasteiger partial charge in [-0.1, -0.05) is 24.4 Å². The molecule has 4 N–H and O–H groups in total. The number of rotatable bonds is 7. The number of aliphatic hydroxyl groups is 1. The van der Waals surface area contributed by atoms with E-state index in [1.54, 1.807) is 12.1 Å². The van der Waals surface area contributed by atoms with E-state index in [2.05, 4.69) is 25.5 Å². The van der Waals surface area contributed by atoms with Gasteiger partial charge in [0, 0.05) is 66.1 Å². The summed E-state index contributed by atoms with van der Waals surface area (Å²) >= 11 is 7.47. The number of ether oxygens (including phenoxy) is 1. The van der Waals surface area contributed by atoms with E-state index >= 15 is 0 Å². The number of halogens is 1. The predicted molar refractivity (Wildman–Crippen MR) is 138 cm³/mol. The van der Waals surface area contributed by atoms with Crippen LogP contribution in [-0.4, -0.2) is 70.4 Å². The zero-order valence-corrected chi connectivity index (χ0v) is 21.6. The van der Waals surface area contributed by atoms with Crippen LogP contribution in [0, 0.1) is 0 Å². The molecule has 36 heavy (non-hydrogen) atoms. The summed E-state index contributed by atoms with van der Waals surface area (Å²) in [5.74, 6) is -0.402. The Hall–Kier alpha value is -2.50. The Balaban J connectivity index is 1.23. The number of carbonyl (C=O) groups is 2. The maximum atomic E-state index is 13.1. The number of H-pyrrole nitrogens is 1. The van der Waals surface area contributed by atoms with E-state index in [1.165, 1.54) is 18.4 Å². The number of benzene rings is 1. The molecule has 2 aromatic heterocycles. The summed E-state index contributed by atoms with van der Waals surface area (Å²) in [6.45, 7) is 1.82. The first-order valence-corrected chi connectivity index (χ1v) is 13.4. The summed E-state index contributed by atoms with van der Waals surface area (Å²) in [5.41, 5.74) is 2.26. The normalized spacial score (nSPS) is 21.2. The number of fused-ring (bicyclic) bond motifs is 2. The van der Waals surface area contributed by atoms with Crippen molar-refractivity contribution in [3.05, 3.63) is 50.6 Å². The molecule has 0 saturated heterocycles. The van der Waals surface area contributed by atoms with Gasteiger partial charge < -0.3 is 25.5 Å². The van der Waals surface area contributed by atoms with Crippen LogP contribution in [-0.2, 0) is 17.7 Å². The summed E-state index contributed by atoms with van der Waals surface area (Å²) in [7, 11) is 1.48. The second-order valence-corrected chi connectivity index (χ2v) is 10.9. The van der Waals surface area contributed by atoms with E-state index in [0.29, 0.717) is 28.8 Å². The number of methoxy groups -OCH3 is 1. The maximum absolute atomic E-state index is 13.1. The third-order valence-electron chi connectivity index (χ3n) is 6.92. The summed E-state index contributed by atoms with van der Waals surface area (Å²) in [4.78, 5) is 37.0. The quantitative estimate of drug-likeness (QED) is 0.348. The molecule has 0 radical (unpaired) electrons. The van der Waals surface area contributed by atoms with E-state index in [1.807, 2.05) is 12.1 Å². The Labute approximate surface area is 218 Å². The smallest absolute Gasteiger partial charge is 0.280 e. The molecule has 3 aromatic rings. The lowest BCUT2D eigenvalue weighted by atomic mass is 9.90. The lowest BCUT2D eigenvalue weighted by Crippen LogP contribution is -2.53. The molecule has 192 valence electrons. The van der Waals surface area contributed by atoms with E-state index in [0.717, 1.165) is 60.1 Å². The van der Waals surface area contributed by atoms with Gasteiger partial charge in [0.25, 0.3) is 11.8 Å². The first-order chi connectivity index (χ1) is 17.4. The fourth-order valence-electron chi connectivity index (χ4n) is 4.98. The first kappa shape index (κ1) is 25.2. The van der Waals surface area contributed by atoms with Crippen molar-refractivity contribution in [1.29, 1.82) is 0 Å². The summed E-state index contributed by atoms with van der Waals surface area (Å²) < 4.78 is 4.95. The zero-order chi connectivity index (χ0) is 25.2. The number of amides is 2. The molecule has 0 bridgehead atoms. The molecule has 11 heteroatoms. The van der Waals surface area contributed by atoms with Crippen LogP contribution >= 0.6 is 22.9 Å². The van der Waals surface area contributed by atoms with Gasteiger partial charge in [0.2, 0.25) is 0 Å². The minimum absolute atomic E-state index is 0.161. The third kappa shape index (κ3) is 5.57. The lowest BCUT2D eigenvalue weighted by Gasteiger charge is -2.32. The zero-order valence-electron chi connectivity index (χ0n) is 20.1. The molecule has 1 aliphatic carbocycles. The second-order valence-electron chi connectivity index (χ2n) is 9.42. The van der Waals surface area contributed by atoms with Crippen molar-refractivity contribution in [2.75, 3.05) is 20.2 Å². The molecule has 2 unspecified atom stereocenters. The van der Waals surface area contributed by atoms with Crippen molar-refractivity contribution in [2.45, 2.75) is 57.0 Å². The van der Waals surface area contributed by atoms with Gasteiger partial charge in [-0.2, -0.15) is 0 Å². The highest BCUT2D eigenvalue weighted by molar-refractivity contribution is 7.13. The van der Waals surface area contributed by atoms with Crippen molar-refractivity contribution in [3.63, 3.8) is 0 Å². The second kappa shape index (κ2) is 10.9. The summed E-state index contributed by atoms with van der Waals surface area (Å²) in [6, 6.07) is 6.92. The molecule has 3 atom stereocenters. The van der Waals surface area contributed by atoms with Gasteiger partial charge >= 0.3 is 0 Å². The van der Waals surface area contributed by atoms with Crippen molar-refractivity contribution in [3.8, 4) is 0 Å². The highest BCUT2D eigenvalue weighted by atomic mass is 35.5. The SMILES string of the molecule is COC(O)CN1CCc2nc(C(=O)NC3CCCC[C@@H]3NC(=O)c3cc4cc(Cl)ccc4[nH]3)sc2C1. The number of β-amino-alcohol motifs (C(OH)–C–C–N with tert-alkyl or cyclic N) is 1. The molecular weight excluding hydrogens is 502 g/mol. The van der Waals surface area contributed by atoms with Crippen LogP contribution in [0.1, 0.15) is 56.5 Å². The molecule has 1 aromatic carbocycles. The van der Waals surface area contributed by atoms with Crippen LogP contribution < -0.4 is 10.6 Å². The molecular formula is C25H30ClN5O4S. The summed E-state index contributed by atoms with van der Waals surface area (Å²) in [5, 5.41) is 18.0. The standard InChI is InChI=1S/C25H30ClN5O4S/c1-35-22(32)13-31-9-8-19-21(12-31)36-25(30-19)24(34)29-18-5-3-2-4-17(18)28-23(33)20-11-14-10-15(26)6-7-16(14)27-20/h6-7,10-11,17-18,22,27,32H,2-5,8-9,12-13H2,1H3,(H,28,33)(H,29,34)/t17-,18?,22?/m0/s1. The average molecular weight is 532 g/mol. The number of nitrogens with one attached hydrogen (secondary N) is 3. The Kier molecular flexibility index (Phi) is 7.59. The molecule has 5 rings (SSSR count). The average Bonchev–Trinajstić information content (AvgIpc) is 3.49. The molecule has 9 nitrogen and oxygen atoms in total. The number of aromatic amines is 1. The largest absolute Gasteiger partial charge is 0.367 e. The molecule has 1 fully saturated rings. The predicted octanol–water partition coefficient (Wildman–Crippen LogP) is 3.07. The van der Waals surface area contributed by atoms with E-state index < -0.39 is 6.29 Å². The van der Waals surface area contributed by atoms with Crippen LogP contribution in [0.15, 0.2) is 24.3 Å². The van der Waals surface area contributed by atoms with Crippen molar-refractivity contribution >= 4 is 45.7 Å². The Bertz CT molecular complexity index is 1260. The van der Waals surface area contributed by atoms with Crippen LogP contribution in [0.4, 0.5) is 0 Å². The third-order valence-corrected chi connectivity index (χ3v) is 8.23. The van der Waals surface area contributed by atoms with Gasteiger partial charge in [-0.15, -0.1) is 11.3 Å². The van der Waals surface area contributed by atoms with Gasteiger partial charge in [-0.3, -0.25) is 14.5 Å². The van der Waals surface area contributed by atoms with Crippen LogP contribution in [0.25, 0.3) is 10.9 Å². The number of aromatic nitrogens is 2.